The van der Waals surface area contributed by atoms with E-state index in [0.29, 0.717) is 24.2 Å². The van der Waals surface area contributed by atoms with Crippen LogP contribution in [0, 0.1) is 0 Å². The Hall–Kier alpha value is -1.42. The molecule has 5 heteroatoms. The summed E-state index contributed by atoms with van der Waals surface area (Å²) in [5.41, 5.74) is 1.05. The van der Waals surface area contributed by atoms with Crippen LogP contribution in [-0.2, 0) is 6.54 Å². The highest BCUT2D eigenvalue weighted by Gasteiger charge is 2.22. The molecule has 0 aliphatic heterocycles. The highest BCUT2D eigenvalue weighted by atomic mass is 35.5. The number of aliphatic imine (C=N–C) groups is 1. The molecule has 4 nitrogen and oxygen atoms in total. The molecule has 110 valence electrons. The van der Waals surface area contributed by atoms with Crippen molar-refractivity contribution < 1.29 is 4.74 Å². The largest absolute Gasteiger partial charge is 0.493 e. The molecular formula is C15H22ClN3O. The zero-order chi connectivity index (χ0) is 14.4. The maximum atomic E-state index is 6.00. The van der Waals surface area contributed by atoms with Crippen LogP contribution in [0.25, 0.3) is 0 Å². The van der Waals surface area contributed by atoms with Gasteiger partial charge in [0.15, 0.2) is 5.96 Å². The van der Waals surface area contributed by atoms with Crippen molar-refractivity contribution >= 4 is 17.6 Å². The van der Waals surface area contributed by atoms with Crippen molar-refractivity contribution in [1.82, 2.24) is 10.6 Å². The molecule has 2 N–H and O–H groups in total. The van der Waals surface area contributed by atoms with Crippen molar-refractivity contribution in [2.45, 2.75) is 39.3 Å². The lowest BCUT2D eigenvalue weighted by Crippen LogP contribution is -2.38. The lowest BCUT2D eigenvalue weighted by molar-refractivity contribution is 0.336. The fraction of sp³-hybridized carbons (Fsp3) is 0.533. The number of nitrogens with zero attached hydrogens (tertiary/aromatic N) is 1. The van der Waals surface area contributed by atoms with Gasteiger partial charge in [0.1, 0.15) is 5.75 Å². The molecule has 20 heavy (non-hydrogen) atoms. The van der Waals surface area contributed by atoms with Crippen molar-refractivity contribution in [2.75, 3.05) is 13.2 Å². The number of ether oxygens (including phenoxy) is 1. The van der Waals surface area contributed by atoms with E-state index in [1.54, 1.807) is 0 Å². The van der Waals surface area contributed by atoms with Crippen LogP contribution in [0.15, 0.2) is 23.2 Å². The molecule has 1 fully saturated rings. The van der Waals surface area contributed by atoms with Gasteiger partial charge in [0.25, 0.3) is 0 Å². The third kappa shape index (κ3) is 4.60. The zero-order valence-electron chi connectivity index (χ0n) is 12.1. The van der Waals surface area contributed by atoms with Crippen molar-refractivity contribution in [3.8, 4) is 5.75 Å². The van der Waals surface area contributed by atoms with E-state index in [9.17, 15) is 0 Å². The predicted molar refractivity (Wildman–Crippen MR) is 83.6 cm³/mol. The average molecular weight is 296 g/mol. The summed E-state index contributed by atoms with van der Waals surface area (Å²) >= 11 is 6.00. The van der Waals surface area contributed by atoms with Crippen LogP contribution >= 0.6 is 11.6 Å². The molecule has 0 unspecified atom stereocenters. The van der Waals surface area contributed by atoms with E-state index in [1.165, 1.54) is 12.8 Å². The number of hydrogen-bond acceptors (Lipinski definition) is 2. The Labute approximate surface area is 125 Å². The Kier molecular flexibility index (Phi) is 5.53. The lowest BCUT2D eigenvalue weighted by Gasteiger charge is -2.12. The van der Waals surface area contributed by atoms with Gasteiger partial charge in [-0.2, -0.15) is 0 Å². The maximum Gasteiger partial charge on any atom is 0.191 e. The van der Waals surface area contributed by atoms with Crippen LogP contribution in [0.5, 0.6) is 5.75 Å². The van der Waals surface area contributed by atoms with Crippen LogP contribution in [0.1, 0.15) is 32.3 Å². The van der Waals surface area contributed by atoms with E-state index >= 15 is 0 Å². The molecule has 0 amide bonds. The molecule has 1 aromatic carbocycles. The van der Waals surface area contributed by atoms with Gasteiger partial charge in [-0.05, 0) is 38.8 Å². The molecule has 1 aromatic rings. The first-order chi connectivity index (χ1) is 9.72. The topological polar surface area (TPSA) is 45.7 Å². The maximum absolute atomic E-state index is 6.00. The SMILES string of the molecule is CCNC(=NCc1ccc(Cl)cc1OCC)NC1CC1. The van der Waals surface area contributed by atoms with Crippen LogP contribution < -0.4 is 15.4 Å². The Balaban J connectivity index is 2.06. The first-order valence-electron chi connectivity index (χ1n) is 7.19. The van der Waals surface area contributed by atoms with Gasteiger partial charge in [0.2, 0.25) is 0 Å². The van der Waals surface area contributed by atoms with E-state index in [2.05, 4.69) is 22.5 Å². The number of guanidine groups is 1. The molecule has 1 aliphatic carbocycles. The second-order valence-corrected chi connectivity index (χ2v) is 5.24. The molecule has 0 aromatic heterocycles. The van der Waals surface area contributed by atoms with E-state index < -0.39 is 0 Å². The number of rotatable bonds is 6. The molecule has 0 saturated heterocycles. The minimum Gasteiger partial charge on any atom is -0.493 e. The zero-order valence-corrected chi connectivity index (χ0v) is 12.8. The van der Waals surface area contributed by atoms with Crippen LogP contribution in [0.4, 0.5) is 0 Å². The van der Waals surface area contributed by atoms with Crippen molar-refractivity contribution in [3.63, 3.8) is 0 Å². The summed E-state index contributed by atoms with van der Waals surface area (Å²) < 4.78 is 5.61. The number of benzene rings is 1. The van der Waals surface area contributed by atoms with Crippen LogP contribution in [-0.4, -0.2) is 25.2 Å². The molecular weight excluding hydrogens is 274 g/mol. The smallest absolute Gasteiger partial charge is 0.191 e. The average Bonchev–Trinajstić information content (AvgIpc) is 3.22. The molecule has 1 saturated carbocycles. The Morgan fingerprint density at radius 1 is 1.40 bits per heavy atom. The highest BCUT2D eigenvalue weighted by Crippen LogP contribution is 2.24. The summed E-state index contributed by atoms with van der Waals surface area (Å²) in [4.78, 5) is 4.61. The Bertz CT molecular complexity index is 472. The summed E-state index contributed by atoms with van der Waals surface area (Å²) in [6.45, 7) is 6.09. The van der Waals surface area contributed by atoms with Gasteiger partial charge in [-0.3, -0.25) is 0 Å². The number of nitrogens with one attached hydrogen (secondary N) is 2. The summed E-state index contributed by atoms with van der Waals surface area (Å²) in [5.74, 6) is 1.68. The first kappa shape index (κ1) is 15.0. The fourth-order valence-corrected chi connectivity index (χ4v) is 2.02. The van der Waals surface area contributed by atoms with E-state index in [0.717, 1.165) is 23.8 Å². The standard InChI is InChI=1S/C15H22ClN3O/c1-3-17-15(19-13-7-8-13)18-10-11-5-6-12(16)9-14(11)20-4-2/h5-6,9,13H,3-4,7-8,10H2,1-2H3,(H2,17,18,19). The highest BCUT2D eigenvalue weighted by molar-refractivity contribution is 6.30. The van der Waals surface area contributed by atoms with Gasteiger partial charge in [-0.1, -0.05) is 17.7 Å². The van der Waals surface area contributed by atoms with Crippen molar-refractivity contribution in [2.24, 2.45) is 4.99 Å². The summed E-state index contributed by atoms with van der Waals surface area (Å²) in [5, 5.41) is 7.34. The van der Waals surface area contributed by atoms with Crippen molar-refractivity contribution in [3.05, 3.63) is 28.8 Å². The third-order valence-electron chi connectivity index (χ3n) is 3.00. The van der Waals surface area contributed by atoms with E-state index in [4.69, 9.17) is 16.3 Å². The summed E-state index contributed by atoms with van der Waals surface area (Å²) in [7, 11) is 0. The van der Waals surface area contributed by atoms with Gasteiger partial charge in [-0.15, -0.1) is 0 Å². The third-order valence-corrected chi connectivity index (χ3v) is 3.23. The summed E-state index contributed by atoms with van der Waals surface area (Å²) in [6, 6.07) is 6.27. The molecule has 0 spiro atoms. The molecule has 2 rings (SSSR count). The normalized spacial score (nSPS) is 15.1. The van der Waals surface area contributed by atoms with E-state index in [-0.39, 0.29) is 0 Å². The molecule has 0 heterocycles. The van der Waals surface area contributed by atoms with Crippen molar-refractivity contribution in [1.29, 1.82) is 0 Å². The lowest BCUT2D eigenvalue weighted by atomic mass is 10.2. The quantitative estimate of drug-likeness (QED) is 0.626. The van der Waals surface area contributed by atoms with Gasteiger partial charge in [0.05, 0.1) is 13.2 Å². The minimum absolute atomic E-state index is 0.578. The second-order valence-electron chi connectivity index (χ2n) is 4.80. The van der Waals surface area contributed by atoms with Gasteiger partial charge in [-0.25, -0.2) is 4.99 Å². The Morgan fingerprint density at radius 2 is 2.20 bits per heavy atom. The summed E-state index contributed by atoms with van der Waals surface area (Å²) in [6.07, 6.45) is 2.46. The van der Waals surface area contributed by atoms with Gasteiger partial charge >= 0.3 is 0 Å². The predicted octanol–water partition coefficient (Wildman–Crippen LogP) is 2.96. The number of halogens is 1. The molecule has 0 bridgehead atoms. The number of hydrogen-bond donors (Lipinski definition) is 2. The monoisotopic (exact) mass is 295 g/mol. The second kappa shape index (κ2) is 7.39. The molecule has 1 aliphatic rings. The van der Waals surface area contributed by atoms with Crippen LogP contribution in [0.2, 0.25) is 5.02 Å². The first-order valence-corrected chi connectivity index (χ1v) is 7.56. The van der Waals surface area contributed by atoms with Crippen LogP contribution in [0.3, 0.4) is 0 Å². The molecule has 0 radical (unpaired) electrons. The van der Waals surface area contributed by atoms with Gasteiger partial charge in [0, 0.05) is 23.2 Å². The Morgan fingerprint density at radius 3 is 2.85 bits per heavy atom. The fourth-order valence-electron chi connectivity index (χ4n) is 1.85. The van der Waals surface area contributed by atoms with Gasteiger partial charge < -0.3 is 15.4 Å². The minimum atomic E-state index is 0.578. The van der Waals surface area contributed by atoms with E-state index in [1.807, 2.05) is 25.1 Å². The molecule has 0 atom stereocenters.